The Kier molecular flexibility index (Phi) is 5.33. The highest BCUT2D eigenvalue weighted by Crippen LogP contribution is 2.11. The lowest BCUT2D eigenvalue weighted by atomic mass is 10.0. The summed E-state index contributed by atoms with van der Waals surface area (Å²) in [4.78, 5) is 13.5. The van der Waals surface area contributed by atoms with Gasteiger partial charge in [-0.3, -0.25) is 4.79 Å². The Balaban J connectivity index is 0.00000144. The van der Waals surface area contributed by atoms with Gasteiger partial charge in [0.2, 0.25) is 5.91 Å². The number of hydrogen-bond donors (Lipinski definition) is 1. The molecule has 0 aliphatic carbocycles. The first-order valence-electron chi connectivity index (χ1n) is 4.67. The largest absolute Gasteiger partial charge is 0.341 e. The third kappa shape index (κ3) is 3.16. The van der Waals surface area contributed by atoms with Crippen LogP contribution in [0.25, 0.3) is 0 Å². The second-order valence-electron chi connectivity index (χ2n) is 3.80. The monoisotopic (exact) mass is 206 g/mol. The van der Waals surface area contributed by atoms with E-state index in [0.29, 0.717) is 0 Å². The number of likely N-dealkylation sites (tertiary alicyclic amines) is 1. The number of carbonyl (C=O) groups excluding carboxylic acids is 1. The van der Waals surface area contributed by atoms with Crippen LogP contribution in [0.15, 0.2) is 0 Å². The zero-order chi connectivity index (χ0) is 9.14. The molecule has 0 aromatic carbocycles. The van der Waals surface area contributed by atoms with Gasteiger partial charge < -0.3 is 10.6 Å². The van der Waals surface area contributed by atoms with E-state index in [2.05, 4.69) is 0 Å². The maximum absolute atomic E-state index is 11.6. The third-order valence-corrected chi connectivity index (χ3v) is 2.42. The van der Waals surface area contributed by atoms with E-state index < -0.39 is 0 Å². The maximum atomic E-state index is 11.6. The Labute approximate surface area is 86.1 Å². The van der Waals surface area contributed by atoms with Crippen molar-refractivity contribution in [2.24, 2.45) is 11.7 Å². The maximum Gasteiger partial charge on any atom is 0.239 e. The van der Waals surface area contributed by atoms with Gasteiger partial charge in [0.15, 0.2) is 0 Å². The highest BCUT2D eigenvalue weighted by Gasteiger charge is 2.25. The molecule has 78 valence electrons. The minimum Gasteiger partial charge on any atom is -0.341 e. The van der Waals surface area contributed by atoms with E-state index in [1.807, 2.05) is 18.7 Å². The standard InChI is InChI=1S/C9H18N2O.ClH/c1-7(2)8(10)9(12)11-5-3-4-6-11;/h7-8H,3-6,10H2,1-2H3;1H. The predicted octanol–water partition coefficient (Wildman–Crippen LogP) is 1.01. The molecule has 0 radical (unpaired) electrons. The predicted molar refractivity (Wildman–Crippen MR) is 55.9 cm³/mol. The van der Waals surface area contributed by atoms with Crippen LogP contribution >= 0.6 is 12.4 Å². The summed E-state index contributed by atoms with van der Waals surface area (Å²) in [5.41, 5.74) is 5.75. The molecule has 1 rings (SSSR count). The summed E-state index contributed by atoms with van der Waals surface area (Å²) in [5, 5.41) is 0. The summed E-state index contributed by atoms with van der Waals surface area (Å²) < 4.78 is 0. The zero-order valence-corrected chi connectivity index (χ0v) is 9.14. The third-order valence-electron chi connectivity index (χ3n) is 2.42. The number of hydrogen-bond acceptors (Lipinski definition) is 2. The number of halogens is 1. The Morgan fingerprint density at radius 1 is 1.31 bits per heavy atom. The van der Waals surface area contributed by atoms with Gasteiger partial charge in [0.1, 0.15) is 0 Å². The summed E-state index contributed by atoms with van der Waals surface area (Å²) in [6.45, 7) is 5.77. The van der Waals surface area contributed by atoms with Crippen molar-refractivity contribution in [2.75, 3.05) is 13.1 Å². The molecule has 1 saturated heterocycles. The molecule has 1 aliphatic rings. The van der Waals surface area contributed by atoms with E-state index in [-0.39, 0.29) is 30.3 Å². The summed E-state index contributed by atoms with van der Waals surface area (Å²) >= 11 is 0. The van der Waals surface area contributed by atoms with Crippen molar-refractivity contribution in [3.8, 4) is 0 Å². The fourth-order valence-electron chi connectivity index (χ4n) is 1.43. The number of amides is 1. The van der Waals surface area contributed by atoms with Gasteiger partial charge in [-0.1, -0.05) is 13.8 Å². The Morgan fingerprint density at radius 3 is 2.15 bits per heavy atom. The lowest BCUT2D eigenvalue weighted by molar-refractivity contribution is -0.132. The van der Waals surface area contributed by atoms with Gasteiger partial charge in [0, 0.05) is 13.1 Å². The van der Waals surface area contributed by atoms with E-state index in [0.717, 1.165) is 25.9 Å². The molecule has 1 aliphatic heterocycles. The second kappa shape index (κ2) is 5.45. The molecule has 1 amide bonds. The lowest BCUT2D eigenvalue weighted by Gasteiger charge is -2.22. The van der Waals surface area contributed by atoms with Gasteiger partial charge >= 0.3 is 0 Å². The smallest absolute Gasteiger partial charge is 0.239 e. The molecular formula is C9H19ClN2O. The molecule has 0 aromatic heterocycles. The van der Waals surface area contributed by atoms with Gasteiger partial charge in [-0.2, -0.15) is 0 Å². The second-order valence-corrected chi connectivity index (χ2v) is 3.80. The van der Waals surface area contributed by atoms with Crippen molar-refractivity contribution in [3.05, 3.63) is 0 Å². The van der Waals surface area contributed by atoms with Gasteiger partial charge in [-0.15, -0.1) is 12.4 Å². The molecule has 0 spiro atoms. The average molecular weight is 207 g/mol. The van der Waals surface area contributed by atoms with Crippen molar-refractivity contribution < 1.29 is 4.79 Å². The number of rotatable bonds is 2. The van der Waals surface area contributed by atoms with E-state index in [1.165, 1.54) is 0 Å². The topological polar surface area (TPSA) is 46.3 Å². The van der Waals surface area contributed by atoms with Crippen molar-refractivity contribution in [3.63, 3.8) is 0 Å². The van der Waals surface area contributed by atoms with Crippen molar-refractivity contribution >= 4 is 18.3 Å². The van der Waals surface area contributed by atoms with Crippen LogP contribution in [0.1, 0.15) is 26.7 Å². The summed E-state index contributed by atoms with van der Waals surface area (Å²) in [6.07, 6.45) is 2.27. The average Bonchev–Trinajstić information content (AvgIpc) is 2.53. The highest BCUT2D eigenvalue weighted by molar-refractivity contribution is 5.85. The highest BCUT2D eigenvalue weighted by atomic mass is 35.5. The summed E-state index contributed by atoms with van der Waals surface area (Å²) in [7, 11) is 0. The molecule has 0 saturated carbocycles. The first-order valence-corrected chi connectivity index (χ1v) is 4.67. The first kappa shape index (κ1) is 12.7. The SMILES string of the molecule is CC(C)C(N)C(=O)N1CCCC1.Cl. The van der Waals surface area contributed by atoms with Crippen LogP contribution in [0.5, 0.6) is 0 Å². The molecule has 3 nitrogen and oxygen atoms in total. The molecule has 1 atom stereocenters. The lowest BCUT2D eigenvalue weighted by Crippen LogP contribution is -2.45. The van der Waals surface area contributed by atoms with Crippen LogP contribution in [0, 0.1) is 5.92 Å². The fraction of sp³-hybridized carbons (Fsp3) is 0.889. The van der Waals surface area contributed by atoms with Gasteiger partial charge in [-0.25, -0.2) is 0 Å². The van der Waals surface area contributed by atoms with Gasteiger partial charge in [-0.05, 0) is 18.8 Å². The normalized spacial score (nSPS) is 18.6. The Morgan fingerprint density at radius 2 is 1.77 bits per heavy atom. The molecule has 0 bridgehead atoms. The minimum absolute atomic E-state index is 0. The molecule has 0 aromatic rings. The van der Waals surface area contributed by atoms with E-state index in [1.54, 1.807) is 0 Å². The van der Waals surface area contributed by atoms with Crippen LogP contribution in [0.2, 0.25) is 0 Å². The van der Waals surface area contributed by atoms with Gasteiger partial charge in [0.05, 0.1) is 6.04 Å². The number of nitrogens with zero attached hydrogens (tertiary/aromatic N) is 1. The zero-order valence-electron chi connectivity index (χ0n) is 8.32. The van der Waals surface area contributed by atoms with Crippen molar-refractivity contribution in [1.29, 1.82) is 0 Å². The van der Waals surface area contributed by atoms with E-state index in [4.69, 9.17) is 5.73 Å². The van der Waals surface area contributed by atoms with E-state index in [9.17, 15) is 4.79 Å². The molecule has 4 heteroatoms. The van der Waals surface area contributed by atoms with Crippen molar-refractivity contribution in [2.45, 2.75) is 32.7 Å². The molecular weight excluding hydrogens is 188 g/mol. The number of carbonyl (C=O) groups is 1. The molecule has 13 heavy (non-hydrogen) atoms. The molecule has 2 N–H and O–H groups in total. The summed E-state index contributed by atoms with van der Waals surface area (Å²) in [6, 6.07) is -0.303. The van der Waals surface area contributed by atoms with Crippen LogP contribution in [0.3, 0.4) is 0 Å². The summed E-state index contributed by atoms with van der Waals surface area (Å²) in [5.74, 6) is 0.376. The van der Waals surface area contributed by atoms with E-state index >= 15 is 0 Å². The molecule has 1 unspecified atom stereocenters. The number of nitrogens with two attached hydrogens (primary N) is 1. The van der Waals surface area contributed by atoms with Crippen molar-refractivity contribution in [1.82, 2.24) is 4.90 Å². The Hall–Kier alpha value is -0.280. The van der Waals surface area contributed by atoms with Crippen LogP contribution in [-0.4, -0.2) is 29.9 Å². The minimum atomic E-state index is -0.303. The fourth-order valence-corrected chi connectivity index (χ4v) is 1.43. The molecule has 1 heterocycles. The Bertz CT molecular complexity index is 163. The van der Waals surface area contributed by atoms with Crippen LogP contribution < -0.4 is 5.73 Å². The quantitative estimate of drug-likeness (QED) is 0.733. The van der Waals surface area contributed by atoms with Gasteiger partial charge in [0.25, 0.3) is 0 Å². The van der Waals surface area contributed by atoms with Crippen LogP contribution in [0.4, 0.5) is 0 Å². The molecule has 1 fully saturated rings. The van der Waals surface area contributed by atoms with Crippen LogP contribution in [-0.2, 0) is 4.79 Å². The first-order chi connectivity index (χ1) is 5.63.